The van der Waals surface area contributed by atoms with Crippen LogP contribution < -0.4 is 10.1 Å². The van der Waals surface area contributed by atoms with Crippen molar-refractivity contribution in [1.29, 1.82) is 5.26 Å². The highest BCUT2D eigenvalue weighted by Gasteiger charge is 2.31. The summed E-state index contributed by atoms with van der Waals surface area (Å²) in [4.78, 5) is 14.2. The summed E-state index contributed by atoms with van der Waals surface area (Å²) in [6.45, 7) is 1.14. The third-order valence-electron chi connectivity index (χ3n) is 4.75. The van der Waals surface area contributed by atoms with E-state index in [-0.39, 0.29) is 23.1 Å². The summed E-state index contributed by atoms with van der Waals surface area (Å²) in [5, 5.41) is 12.2. The van der Waals surface area contributed by atoms with Gasteiger partial charge in [-0.2, -0.15) is 5.26 Å². The van der Waals surface area contributed by atoms with Crippen LogP contribution in [0.15, 0.2) is 36.0 Å². The fourth-order valence-electron chi connectivity index (χ4n) is 3.10. The molecule has 0 bridgehead atoms. The molecule has 1 fully saturated rings. The molecule has 158 valence electrons. The number of amides is 1. The number of hydrogen-bond donors (Lipinski definition) is 1. The number of sulfone groups is 1. The minimum atomic E-state index is -3.08. The van der Waals surface area contributed by atoms with Crippen LogP contribution in [-0.2, 0) is 25.8 Å². The van der Waals surface area contributed by atoms with Gasteiger partial charge in [0.25, 0.3) is 5.91 Å². The number of carbonyl (C=O) groups excluding carboxylic acids is 1. The molecule has 1 saturated heterocycles. The summed E-state index contributed by atoms with van der Waals surface area (Å²) in [5.74, 6) is 0.414. The lowest BCUT2D eigenvalue weighted by molar-refractivity contribution is -0.117. The lowest BCUT2D eigenvalue weighted by Crippen LogP contribution is -2.36. The molecule has 2 rings (SSSR count). The predicted octanol–water partition coefficient (Wildman–Crippen LogP) is 0.897. The quantitative estimate of drug-likeness (QED) is 0.441. The van der Waals surface area contributed by atoms with Crippen molar-refractivity contribution in [3.8, 4) is 11.8 Å². The molecule has 1 amide bonds. The lowest BCUT2D eigenvalue weighted by atomic mass is 10.1. The molecule has 1 atom stereocenters. The highest BCUT2D eigenvalue weighted by atomic mass is 32.2. The molecule has 1 aliphatic heterocycles. The third kappa shape index (κ3) is 7.07. The van der Waals surface area contributed by atoms with Gasteiger partial charge in [-0.3, -0.25) is 4.79 Å². The zero-order chi connectivity index (χ0) is 21.3. The Bertz CT molecular complexity index is 859. The standard InChI is InChI=1S/C20H27N3O5S/c1-27-11-10-23(18-8-12-29(25,26)15-18)14-17(13-21)20(24)22-9-7-16-3-5-19(28-2)6-4-16/h3-6,14,18H,7-12,15H2,1-2H3,(H,22,24)/b17-14-. The number of carbonyl (C=O) groups is 1. The number of ether oxygens (including phenoxy) is 2. The lowest BCUT2D eigenvalue weighted by Gasteiger charge is -2.26. The van der Waals surface area contributed by atoms with E-state index in [1.54, 1.807) is 19.1 Å². The first-order valence-electron chi connectivity index (χ1n) is 9.36. The molecule has 1 aromatic rings. The van der Waals surface area contributed by atoms with Crippen LogP contribution >= 0.6 is 0 Å². The Morgan fingerprint density at radius 3 is 2.62 bits per heavy atom. The summed E-state index contributed by atoms with van der Waals surface area (Å²) in [5.41, 5.74) is 0.978. The van der Waals surface area contributed by atoms with Crippen LogP contribution in [0, 0.1) is 11.3 Å². The van der Waals surface area contributed by atoms with E-state index in [0.717, 1.165) is 11.3 Å². The summed E-state index contributed by atoms with van der Waals surface area (Å²) in [6.07, 6.45) is 2.54. The van der Waals surface area contributed by atoms with Crippen molar-refractivity contribution in [2.24, 2.45) is 0 Å². The minimum Gasteiger partial charge on any atom is -0.497 e. The van der Waals surface area contributed by atoms with Crippen molar-refractivity contribution in [1.82, 2.24) is 10.2 Å². The van der Waals surface area contributed by atoms with Crippen molar-refractivity contribution in [3.05, 3.63) is 41.6 Å². The van der Waals surface area contributed by atoms with Gasteiger partial charge in [-0.05, 0) is 30.5 Å². The SMILES string of the molecule is COCCN(/C=C(/C#N)C(=O)NCCc1ccc(OC)cc1)C1CCS(=O)(=O)C1. The van der Waals surface area contributed by atoms with Crippen LogP contribution in [0.2, 0.25) is 0 Å². The largest absolute Gasteiger partial charge is 0.497 e. The van der Waals surface area contributed by atoms with Gasteiger partial charge in [-0.15, -0.1) is 0 Å². The topological polar surface area (TPSA) is 109 Å². The fourth-order valence-corrected chi connectivity index (χ4v) is 4.84. The van der Waals surface area contributed by atoms with E-state index in [4.69, 9.17) is 9.47 Å². The molecule has 0 radical (unpaired) electrons. The zero-order valence-electron chi connectivity index (χ0n) is 16.8. The second-order valence-electron chi connectivity index (χ2n) is 6.80. The molecule has 0 aromatic heterocycles. The van der Waals surface area contributed by atoms with E-state index in [1.165, 1.54) is 6.20 Å². The first kappa shape index (κ1) is 22.7. The Kier molecular flexibility index (Phi) is 8.49. The summed E-state index contributed by atoms with van der Waals surface area (Å²) < 4.78 is 33.8. The first-order chi connectivity index (χ1) is 13.9. The number of benzene rings is 1. The van der Waals surface area contributed by atoms with Gasteiger partial charge in [-0.1, -0.05) is 12.1 Å². The zero-order valence-corrected chi connectivity index (χ0v) is 17.6. The van der Waals surface area contributed by atoms with Crippen molar-refractivity contribution in [3.63, 3.8) is 0 Å². The van der Waals surface area contributed by atoms with Crippen LogP contribution in [0.1, 0.15) is 12.0 Å². The Morgan fingerprint density at radius 2 is 2.07 bits per heavy atom. The van der Waals surface area contributed by atoms with Gasteiger partial charge in [0.05, 0.1) is 25.2 Å². The third-order valence-corrected chi connectivity index (χ3v) is 6.50. The molecule has 9 heteroatoms. The van der Waals surface area contributed by atoms with Gasteiger partial charge < -0.3 is 19.7 Å². The monoisotopic (exact) mass is 421 g/mol. The Hall–Kier alpha value is -2.57. The number of rotatable bonds is 10. The van der Waals surface area contributed by atoms with Gasteiger partial charge in [0.1, 0.15) is 17.4 Å². The fraction of sp³-hybridized carbons (Fsp3) is 0.500. The van der Waals surface area contributed by atoms with Gasteiger partial charge in [0.15, 0.2) is 9.84 Å². The normalized spacial score (nSPS) is 18.1. The van der Waals surface area contributed by atoms with Crippen LogP contribution in [0.4, 0.5) is 0 Å². The van der Waals surface area contributed by atoms with Gasteiger partial charge in [-0.25, -0.2) is 8.42 Å². The maximum absolute atomic E-state index is 12.4. The summed E-state index contributed by atoms with van der Waals surface area (Å²) >= 11 is 0. The number of methoxy groups -OCH3 is 2. The highest BCUT2D eigenvalue weighted by Crippen LogP contribution is 2.19. The molecule has 1 heterocycles. The molecule has 0 saturated carbocycles. The number of nitrogens with one attached hydrogen (secondary N) is 1. The van der Waals surface area contributed by atoms with Crippen molar-refractivity contribution in [2.75, 3.05) is 45.4 Å². The second-order valence-corrected chi connectivity index (χ2v) is 9.02. The maximum atomic E-state index is 12.4. The van der Waals surface area contributed by atoms with Crippen molar-refractivity contribution >= 4 is 15.7 Å². The Morgan fingerprint density at radius 1 is 1.34 bits per heavy atom. The Labute approximate surface area is 172 Å². The maximum Gasteiger partial charge on any atom is 0.263 e. The molecule has 29 heavy (non-hydrogen) atoms. The molecule has 1 aliphatic rings. The van der Waals surface area contributed by atoms with E-state index in [0.29, 0.717) is 32.5 Å². The second kappa shape index (κ2) is 10.8. The van der Waals surface area contributed by atoms with E-state index in [2.05, 4.69) is 5.32 Å². The molecule has 1 N–H and O–H groups in total. The van der Waals surface area contributed by atoms with Crippen LogP contribution in [-0.4, -0.2) is 70.7 Å². The van der Waals surface area contributed by atoms with Crippen molar-refractivity contribution < 1.29 is 22.7 Å². The van der Waals surface area contributed by atoms with Crippen LogP contribution in [0.3, 0.4) is 0 Å². The highest BCUT2D eigenvalue weighted by molar-refractivity contribution is 7.91. The van der Waals surface area contributed by atoms with E-state index < -0.39 is 15.7 Å². The van der Waals surface area contributed by atoms with E-state index in [1.807, 2.05) is 30.3 Å². The van der Waals surface area contributed by atoms with Gasteiger partial charge in [0.2, 0.25) is 0 Å². The molecule has 1 unspecified atom stereocenters. The number of nitriles is 1. The summed E-state index contributed by atoms with van der Waals surface area (Å²) in [6, 6.07) is 9.19. The number of nitrogens with zero attached hydrogens (tertiary/aromatic N) is 2. The minimum absolute atomic E-state index is 0.0189. The van der Waals surface area contributed by atoms with Crippen LogP contribution in [0.25, 0.3) is 0 Å². The van der Waals surface area contributed by atoms with E-state index in [9.17, 15) is 18.5 Å². The average Bonchev–Trinajstić information content (AvgIpc) is 3.08. The van der Waals surface area contributed by atoms with E-state index >= 15 is 0 Å². The average molecular weight is 422 g/mol. The first-order valence-corrected chi connectivity index (χ1v) is 11.2. The molecular weight excluding hydrogens is 394 g/mol. The molecule has 8 nitrogen and oxygen atoms in total. The molecule has 1 aromatic carbocycles. The molecule has 0 spiro atoms. The number of hydrogen-bond acceptors (Lipinski definition) is 7. The van der Waals surface area contributed by atoms with Crippen molar-refractivity contribution in [2.45, 2.75) is 18.9 Å². The Balaban J connectivity index is 1.98. The van der Waals surface area contributed by atoms with Gasteiger partial charge >= 0.3 is 0 Å². The summed E-state index contributed by atoms with van der Waals surface area (Å²) in [7, 11) is 0.0628. The smallest absolute Gasteiger partial charge is 0.263 e. The molecular formula is C20H27N3O5S. The molecule has 0 aliphatic carbocycles. The van der Waals surface area contributed by atoms with Crippen LogP contribution in [0.5, 0.6) is 5.75 Å². The van der Waals surface area contributed by atoms with Gasteiger partial charge in [0, 0.05) is 32.4 Å². The predicted molar refractivity (Wildman–Crippen MR) is 109 cm³/mol.